The summed E-state index contributed by atoms with van der Waals surface area (Å²) in [6, 6.07) is 0.993. The fourth-order valence-electron chi connectivity index (χ4n) is 1.01. The second kappa shape index (κ2) is 3.74. The molecule has 0 aliphatic rings. The molecule has 0 aromatic carbocycles. The minimum Gasteiger partial charge on any atom is -0.326 e. The summed E-state index contributed by atoms with van der Waals surface area (Å²) < 4.78 is 37.4. The van der Waals surface area contributed by atoms with Crippen molar-refractivity contribution in [1.29, 1.82) is 0 Å². The lowest BCUT2D eigenvalue weighted by molar-refractivity contribution is 0.145. The van der Waals surface area contributed by atoms with Crippen molar-refractivity contribution in [3.05, 3.63) is 28.8 Å². The zero-order valence-corrected chi connectivity index (χ0v) is 7.02. The molecule has 5 heteroatoms. The molecule has 0 aliphatic carbocycles. The molecular formula is C8H9F3N2. The molecule has 0 amide bonds. The van der Waals surface area contributed by atoms with Crippen LogP contribution in [0, 0.1) is 12.7 Å². The number of nitrogens with zero attached hydrogens (tertiary/aromatic N) is 1. The average Bonchev–Trinajstić information content (AvgIpc) is 2.09. The van der Waals surface area contributed by atoms with Crippen LogP contribution in [-0.4, -0.2) is 4.98 Å². The van der Waals surface area contributed by atoms with Gasteiger partial charge in [-0.3, -0.25) is 0 Å². The maximum absolute atomic E-state index is 13.1. The number of rotatable bonds is 2. The van der Waals surface area contributed by atoms with Crippen LogP contribution in [0.5, 0.6) is 0 Å². The van der Waals surface area contributed by atoms with Crippen LogP contribution in [0.15, 0.2) is 6.07 Å². The van der Waals surface area contributed by atoms with E-state index in [1.54, 1.807) is 0 Å². The Morgan fingerprint density at radius 2 is 2.15 bits per heavy atom. The lowest BCUT2D eigenvalue weighted by Crippen LogP contribution is -2.06. The Hall–Kier alpha value is -1.10. The van der Waals surface area contributed by atoms with Crippen molar-refractivity contribution in [2.24, 2.45) is 5.73 Å². The van der Waals surface area contributed by atoms with E-state index in [0.29, 0.717) is 0 Å². The van der Waals surface area contributed by atoms with Crippen LogP contribution in [-0.2, 0) is 6.54 Å². The maximum Gasteiger partial charge on any atom is 0.280 e. The zero-order valence-electron chi connectivity index (χ0n) is 7.02. The number of hydrogen-bond acceptors (Lipinski definition) is 2. The largest absolute Gasteiger partial charge is 0.326 e. The minimum absolute atomic E-state index is 0.0433. The highest BCUT2D eigenvalue weighted by Gasteiger charge is 2.14. The Morgan fingerprint density at radius 3 is 2.62 bits per heavy atom. The first-order valence-electron chi connectivity index (χ1n) is 3.70. The standard InChI is InChI=1S/C8H9F3N2/c1-4-7(9)5(3-12)2-6(13-4)8(10)11/h2,8H,3,12H2,1H3. The van der Waals surface area contributed by atoms with E-state index in [1.807, 2.05) is 0 Å². The molecule has 0 unspecified atom stereocenters. The van der Waals surface area contributed by atoms with Gasteiger partial charge in [0.2, 0.25) is 0 Å². The van der Waals surface area contributed by atoms with Gasteiger partial charge >= 0.3 is 0 Å². The van der Waals surface area contributed by atoms with Crippen LogP contribution in [0.25, 0.3) is 0 Å². The van der Waals surface area contributed by atoms with Gasteiger partial charge in [-0.2, -0.15) is 0 Å². The molecule has 13 heavy (non-hydrogen) atoms. The minimum atomic E-state index is -2.69. The summed E-state index contributed by atoms with van der Waals surface area (Å²) in [5.74, 6) is -0.605. The van der Waals surface area contributed by atoms with Crippen molar-refractivity contribution in [3.8, 4) is 0 Å². The van der Waals surface area contributed by atoms with Crippen LogP contribution in [0.3, 0.4) is 0 Å². The van der Waals surface area contributed by atoms with Crippen molar-refractivity contribution in [2.75, 3.05) is 0 Å². The normalized spacial score (nSPS) is 10.9. The van der Waals surface area contributed by atoms with Gasteiger partial charge in [0.05, 0.1) is 5.69 Å². The molecule has 1 aromatic rings. The number of hydrogen-bond donors (Lipinski definition) is 1. The highest BCUT2D eigenvalue weighted by atomic mass is 19.3. The van der Waals surface area contributed by atoms with E-state index in [2.05, 4.69) is 4.98 Å². The van der Waals surface area contributed by atoms with Crippen LogP contribution in [0.2, 0.25) is 0 Å². The monoisotopic (exact) mass is 190 g/mol. The Kier molecular flexibility index (Phi) is 2.87. The molecular weight excluding hydrogens is 181 g/mol. The molecule has 0 bridgehead atoms. The van der Waals surface area contributed by atoms with Crippen molar-refractivity contribution in [2.45, 2.75) is 19.9 Å². The average molecular weight is 190 g/mol. The lowest BCUT2D eigenvalue weighted by Gasteiger charge is -2.06. The van der Waals surface area contributed by atoms with Crippen LogP contribution in [0.1, 0.15) is 23.4 Å². The molecule has 0 saturated carbocycles. The first-order chi connectivity index (χ1) is 6.06. The number of nitrogens with two attached hydrogens (primary N) is 1. The third-order valence-electron chi connectivity index (χ3n) is 1.66. The van der Waals surface area contributed by atoms with Crippen molar-refractivity contribution in [1.82, 2.24) is 4.98 Å². The first-order valence-corrected chi connectivity index (χ1v) is 3.70. The molecule has 0 radical (unpaired) electrons. The summed E-state index contributed by atoms with van der Waals surface area (Å²) in [5, 5.41) is 0. The van der Waals surface area contributed by atoms with Crippen LogP contribution < -0.4 is 5.73 Å². The Bertz CT molecular complexity index is 313. The molecule has 2 nitrogen and oxygen atoms in total. The highest BCUT2D eigenvalue weighted by Crippen LogP contribution is 2.20. The molecule has 0 atom stereocenters. The number of halogens is 3. The van der Waals surface area contributed by atoms with Crippen molar-refractivity contribution < 1.29 is 13.2 Å². The SMILES string of the molecule is Cc1nc(C(F)F)cc(CN)c1F. The molecule has 0 fully saturated rings. The molecule has 1 heterocycles. The van der Waals surface area contributed by atoms with E-state index >= 15 is 0 Å². The van der Waals surface area contributed by atoms with E-state index in [4.69, 9.17) is 5.73 Å². The van der Waals surface area contributed by atoms with E-state index in [-0.39, 0.29) is 17.8 Å². The first kappa shape index (κ1) is 9.98. The fourth-order valence-corrected chi connectivity index (χ4v) is 1.01. The topological polar surface area (TPSA) is 38.9 Å². The Morgan fingerprint density at radius 1 is 1.54 bits per heavy atom. The van der Waals surface area contributed by atoms with Gasteiger partial charge in [-0.1, -0.05) is 0 Å². The zero-order chi connectivity index (χ0) is 10.0. The van der Waals surface area contributed by atoms with Gasteiger partial charge in [0.25, 0.3) is 6.43 Å². The third kappa shape index (κ3) is 1.98. The third-order valence-corrected chi connectivity index (χ3v) is 1.66. The van der Waals surface area contributed by atoms with Gasteiger partial charge in [0.1, 0.15) is 11.5 Å². The quantitative estimate of drug-likeness (QED) is 0.773. The second-order valence-electron chi connectivity index (χ2n) is 2.61. The predicted molar refractivity (Wildman–Crippen MR) is 41.8 cm³/mol. The van der Waals surface area contributed by atoms with E-state index in [9.17, 15) is 13.2 Å². The van der Waals surface area contributed by atoms with E-state index in [0.717, 1.165) is 6.07 Å². The summed E-state index contributed by atoms with van der Waals surface area (Å²) in [4.78, 5) is 3.40. The molecule has 0 spiro atoms. The molecule has 72 valence electrons. The van der Waals surface area contributed by atoms with Crippen molar-refractivity contribution in [3.63, 3.8) is 0 Å². The van der Waals surface area contributed by atoms with Crippen molar-refractivity contribution >= 4 is 0 Å². The van der Waals surface area contributed by atoms with Gasteiger partial charge in [-0.05, 0) is 13.0 Å². The van der Waals surface area contributed by atoms with E-state index in [1.165, 1.54) is 6.92 Å². The predicted octanol–water partition coefficient (Wildman–Crippen LogP) is 1.93. The van der Waals surface area contributed by atoms with Gasteiger partial charge < -0.3 is 5.73 Å². The lowest BCUT2D eigenvalue weighted by atomic mass is 10.2. The summed E-state index contributed by atoms with van der Waals surface area (Å²) in [6.45, 7) is 1.23. The number of pyridine rings is 1. The molecule has 2 N–H and O–H groups in total. The highest BCUT2D eigenvalue weighted by molar-refractivity contribution is 5.23. The van der Waals surface area contributed by atoms with Gasteiger partial charge in [-0.15, -0.1) is 0 Å². The summed E-state index contributed by atoms with van der Waals surface area (Å²) >= 11 is 0. The van der Waals surface area contributed by atoms with Gasteiger partial charge in [0, 0.05) is 12.1 Å². The second-order valence-corrected chi connectivity index (χ2v) is 2.61. The number of aromatic nitrogens is 1. The smallest absolute Gasteiger partial charge is 0.280 e. The van der Waals surface area contributed by atoms with Gasteiger partial charge in [-0.25, -0.2) is 18.2 Å². The molecule has 1 aromatic heterocycles. The molecule has 0 saturated heterocycles. The van der Waals surface area contributed by atoms with Crippen LogP contribution >= 0.6 is 0 Å². The fraction of sp³-hybridized carbons (Fsp3) is 0.375. The summed E-state index contributed by atoms with van der Waals surface area (Å²) in [7, 11) is 0. The summed E-state index contributed by atoms with van der Waals surface area (Å²) in [5.41, 5.74) is 4.77. The van der Waals surface area contributed by atoms with Gasteiger partial charge in [0.15, 0.2) is 0 Å². The molecule has 0 aliphatic heterocycles. The number of aryl methyl sites for hydroxylation is 1. The maximum atomic E-state index is 13.1. The Balaban J connectivity index is 3.22. The molecule has 1 rings (SSSR count). The van der Waals surface area contributed by atoms with E-state index < -0.39 is 17.9 Å². The number of alkyl halides is 2. The summed E-state index contributed by atoms with van der Waals surface area (Å²) in [6.07, 6.45) is -2.69. The van der Waals surface area contributed by atoms with Crippen LogP contribution in [0.4, 0.5) is 13.2 Å². The Labute approximate surface area is 73.6 Å².